The standard InChI is InChI=1S/C18H21N3/c1-3-12-19-18-11-9-16-8-10-17(21(16)20-18)15-7-5-6-14(4-2)13-15/h5-11,13H,3-4,12H2,1-2H3,(H,19,20). The van der Waals surface area contributed by atoms with E-state index in [-0.39, 0.29) is 0 Å². The first-order valence-electron chi connectivity index (χ1n) is 7.63. The highest BCUT2D eigenvalue weighted by atomic mass is 15.3. The summed E-state index contributed by atoms with van der Waals surface area (Å²) in [5.74, 6) is 0.924. The van der Waals surface area contributed by atoms with Gasteiger partial charge in [-0.15, -0.1) is 5.10 Å². The van der Waals surface area contributed by atoms with Crippen LogP contribution in [0.5, 0.6) is 0 Å². The Morgan fingerprint density at radius 1 is 1.05 bits per heavy atom. The van der Waals surface area contributed by atoms with Crippen molar-refractivity contribution in [3.63, 3.8) is 0 Å². The Balaban J connectivity index is 2.05. The van der Waals surface area contributed by atoms with Crippen molar-refractivity contribution in [1.82, 2.24) is 9.61 Å². The maximum Gasteiger partial charge on any atom is 0.146 e. The largest absolute Gasteiger partial charge is 0.369 e. The molecule has 0 spiro atoms. The number of benzene rings is 1. The molecule has 0 amide bonds. The van der Waals surface area contributed by atoms with E-state index in [0.717, 1.165) is 36.4 Å². The van der Waals surface area contributed by atoms with Crippen molar-refractivity contribution in [3.8, 4) is 11.3 Å². The first kappa shape index (κ1) is 13.7. The van der Waals surface area contributed by atoms with Crippen LogP contribution in [0.15, 0.2) is 48.5 Å². The summed E-state index contributed by atoms with van der Waals surface area (Å²) in [6, 6.07) is 17.1. The monoisotopic (exact) mass is 279 g/mol. The number of nitrogens with zero attached hydrogens (tertiary/aromatic N) is 2. The predicted octanol–water partition coefficient (Wildman–Crippen LogP) is 4.39. The highest BCUT2D eigenvalue weighted by molar-refractivity contribution is 5.67. The molecule has 0 aliphatic carbocycles. The molecule has 3 heteroatoms. The molecule has 3 rings (SSSR count). The summed E-state index contributed by atoms with van der Waals surface area (Å²) in [7, 11) is 0. The molecule has 3 aromatic rings. The number of rotatable bonds is 5. The third kappa shape index (κ3) is 2.77. The zero-order chi connectivity index (χ0) is 14.7. The van der Waals surface area contributed by atoms with E-state index in [0.29, 0.717) is 0 Å². The lowest BCUT2D eigenvalue weighted by Crippen LogP contribution is -2.05. The Labute approximate surface area is 125 Å². The summed E-state index contributed by atoms with van der Waals surface area (Å²) in [5.41, 5.74) is 4.83. The average molecular weight is 279 g/mol. The van der Waals surface area contributed by atoms with Gasteiger partial charge in [0.15, 0.2) is 0 Å². The van der Waals surface area contributed by atoms with Gasteiger partial charge in [-0.25, -0.2) is 4.52 Å². The second-order valence-electron chi connectivity index (χ2n) is 5.25. The van der Waals surface area contributed by atoms with Crippen LogP contribution in [0, 0.1) is 0 Å². The lowest BCUT2D eigenvalue weighted by atomic mass is 10.1. The van der Waals surface area contributed by atoms with E-state index >= 15 is 0 Å². The van der Waals surface area contributed by atoms with Crippen LogP contribution in [-0.2, 0) is 6.42 Å². The Morgan fingerprint density at radius 2 is 1.90 bits per heavy atom. The Morgan fingerprint density at radius 3 is 2.71 bits per heavy atom. The molecule has 2 heterocycles. The quantitative estimate of drug-likeness (QED) is 0.750. The third-order valence-corrected chi connectivity index (χ3v) is 3.69. The molecule has 0 aliphatic rings. The summed E-state index contributed by atoms with van der Waals surface area (Å²) in [4.78, 5) is 0. The molecule has 0 saturated heterocycles. The SMILES string of the molecule is CCCNc1ccc2ccc(-c3cccc(CC)c3)n2n1. The molecule has 21 heavy (non-hydrogen) atoms. The molecule has 1 aromatic carbocycles. The van der Waals surface area contributed by atoms with Crippen LogP contribution in [0.2, 0.25) is 0 Å². The predicted molar refractivity (Wildman–Crippen MR) is 88.8 cm³/mol. The van der Waals surface area contributed by atoms with Gasteiger partial charge in [0.25, 0.3) is 0 Å². The number of hydrogen-bond acceptors (Lipinski definition) is 2. The molecule has 0 radical (unpaired) electrons. The fraction of sp³-hybridized carbons (Fsp3) is 0.278. The minimum atomic E-state index is 0.924. The van der Waals surface area contributed by atoms with Crippen molar-refractivity contribution < 1.29 is 0 Å². The molecule has 0 bridgehead atoms. The van der Waals surface area contributed by atoms with Gasteiger partial charge in [-0.3, -0.25) is 0 Å². The van der Waals surface area contributed by atoms with Crippen LogP contribution in [0.3, 0.4) is 0 Å². The third-order valence-electron chi connectivity index (χ3n) is 3.69. The van der Waals surface area contributed by atoms with E-state index in [4.69, 9.17) is 5.10 Å². The summed E-state index contributed by atoms with van der Waals surface area (Å²) >= 11 is 0. The smallest absolute Gasteiger partial charge is 0.146 e. The van der Waals surface area contributed by atoms with Crippen LogP contribution in [0.25, 0.3) is 16.8 Å². The van der Waals surface area contributed by atoms with Crippen molar-refractivity contribution >= 4 is 11.3 Å². The van der Waals surface area contributed by atoms with E-state index in [9.17, 15) is 0 Å². The van der Waals surface area contributed by atoms with Crippen molar-refractivity contribution in [1.29, 1.82) is 0 Å². The summed E-state index contributed by atoms with van der Waals surface area (Å²) in [5, 5.41) is 8.06. The van der Waals surface area contributed by atoms with Gasteiger partial charge in [0, 0.05) is 12.1 Å². The summed E-state index contributed by atoms with van der Waals surface area (Å²) in [6.45, 7) is 5.28. The Bertz CT molecular complexity index is 743. The number of aryl methyl sites for hydroxylation is 1. The van der Waals surface area contributed by atoms with E-state index in [1.807, 2.05) is 10.6 Å². The van der Waals surface area contributed by atoms with Gasteiger partial charge >= 0.3 is 0 Å². The maximum absolute atomic E-state index is 4.71. The molecule has 3 nitrogen and oxygen atoms in total. The van der Waals surface area contributed by atoms with E-state index in [1.54, 1.807) is 0 Å². The molecular weight excluding hydrogens is 258 g/mol. The van der Waals surface area contributed by atoms with Crippen molar-refractivity contribution in [2.24, 2.45) is 0 Å². The molecular formula is C18H21N3. The normalized spacial score (nSPS) is 11.0. The molecule has 1 N–H and O–H groups in total. The minimum Gasteiger partial charge on any atom is -0.369 e. The van der Waals surface area contributed by atoms with Gasteiger partial charge in [-0.1, -0.05) is 32.0 Å². The van der Waals surface area contributed by atoms with Gasteiger partial charge in [0.05, 0.1) is 11.2 Å². The summed E-state index contributed by atoms with van der Waals surface area (Å²) < 4.78 is 2.02. The zero-order valence-electron chi connectivity index (χ0n) is 12.6. The Kier molecular flexibility index (Phi) is 3.91. The van der Waals surface area contributed by atoms with Crippen LogP contribution < -0.4 is 5.32 Å². The van der Waals surface area contributed by atoms with Crippen LogP contribution in [-0.4, -0.2) is 16.2 Å². The minimum absolute atomic E-state index is 0.924. The van der Waals surface area contributed by atoms with Gasteiger partial charge in [-0.2, -0.15) is 0 Å². The average Bonchev–Trinajstić information content (AvgIpc) is 2.96. The number of aromatic nitrogens is 2. The van der Waals surface area contributed by atoms with Crippen LogP contribution >= 0.6 is 0 Å². The molecule has 108 valence electrons. The zero-order valence-corrected chi connectivity index (χ0v) is 12.6. The van der Waals surface area contributed by atoms with E-state index < -0.39 is 0 Å². The second-order valence-corrected chi connectivity index (χ2v) is 5.25. The highest BCUT2D eigenvalue weighted by Gasteiger charge is 2.07. The van der Waals surface area contributed by atoms with Crippen LogP contribution in [0.1, 0.15) is 25.8 Å². The lowest BCUT2D eigenvalue weighted by Gasteiger charge is -2.07. The highest BCUT2D eigenvalue weighted by Crippen LogP contribution is 2.23. The van der Waals surface area contributed by atoms with E-state index in [2.05, 4.69) is 61.6 Å². The molecule has 0 atom stereocenters. The maximum atomic E-state index is 4.71. The van der Waals surface area contributed by atoms with Gasteiger partial charge < -0.3 is 5.32 Å². The van der Waals surface area contributed by atoms with Gasteiger partial charge in [0.1, 0.15) is 5.82 Å². The first-order valence-corrected chi connectivity index (χ1v) is 7.63. The first-order chi connectivity index (χ1) is 10.3. The molecule has 2 aromatic heterocycles. The van der Waals surface area contributed by atoms with Crippen molar-refractivity contribution in [2.45, 2.75) is 26.7 Å². The van der Waals surface area contributed by atoms with Gasteiger partial charge in [0.2, 0.25) is 0 Å². The van der Waals surface area contributed by atoms with Gasteiger partial charge in [-0.05, 0) is 48.7 Å². The van der Waals surface area contributed by atoms with Crippen LogP contribution in [0.4, 0.5) is 5.82 Å². The fourth-order valence-corrected chi connectivity index (χ4v) is 2.50. The molecule has 0 aliphatic heterocycles. The lowest BCUT2D eigenvalue weighted by molar-refractivity contribution is 0.913. The number of hydrogen-bond donors (Lipinski definition) is 1. The Hall–Kier alpha value is -2.29. The molecule has 0 unspecified atom stereocenters. The topological polar surface area (TPSA) is 29.3 Å². The second kappa shape index (κ2) is 6.00. The molecule has 0 fully saturated rings. The number of nitrogens with one attached hydrogen (secondary N) is 1. The van der Waals surface area contributed by atoms with Crippen molar-refractivity contribution in [2.75, 3.05) is 11.9 Å². The fourth-order valence-electron chi connectivity index (χ4n) is 2.50. The summed E-state index contributed by atoms with van der Waals surface area (Å²) in [6.07, 6.45) is 2.14. The van der Waals surface area contributed by atoms with E-state index in [1.165, 1.54) is 11.1 Å². The number of fused-ring (bicyclic) bond motifs is 1. The molecule has 0 saturated carbocycles. The van der Waals surface area contributed by atoms with Crippen molar-refractivity contribution in [3.05, 3.63) is 54.1 Å². The number of anilines is 1.